The Labute approximate surface area is 123 Å². The minimum absolute atomic E-state index is 0.244. The number of fused-ring (bicyclic) bond motifs is 1. The monoisotopic (exact) mass is 283 g/mol. The molecule has 2 aromatic carbocycles. The van der Waals surface area contributed by atoms with Crippen molar-refractivity contribution in [2.24, 2.45) is 5.73 Å². The van der Waals surface area contributed by atoms with Gasteiger partial charge in [0.25, 0.3) is 0 Å². The van der Waals surface area contributed by atoms with Crippen LogP contribution in [0.2, 0.25) is 0 Å². The van der Waals surface area contributed by atoms with Crippen LogP contribution in [-0.4, -0.2) is 16.1 Å². The second-order valence-electron chi connectivity index (χ2n) is 5.06. The van der Waals surface area contributed by atoms with E-state index in [0.717, 1.165) is 35.4 Å². The molecular formula is C17H18FN3. The molecule has 0 saturated heterocycles. The van der Waals surface area contributed by atoms with E-state index in [2.05, 4.69) is 24.0 Å². The Balaban J connectivity index is 2.15. The lowest BCUT2D eigenvalue weighted by Crippen LogP contribution is -2.04. The van der Waals surface area contributed by atoms with Crippen LogP contribution in [0.5, 0.6) is 0 Å². The smallest absolute Gasteiger partial charge is 0.125 e. The Morgan fingerprint density at radius 3 is 2.57 bits per heavy atom. The molecule has 0 aliphatic heterocycles. The fourth-order valence-corrected chi connectivity index (χ4v) is 2.60. The second-order valence-corrected chi connectivity index (χ2v) is 5.06. The molecule has 0 spiro atoms. The lowest BCUT2D eigenvalue weighted by molar-refractivity contribution is 0.629. The molecule has 3 rings (SSSR count). The molecule has 108 valence electrons. The van der Waals surface area contributed by atoms with Gasteiger partial charge in [-0.25, -0.2) is 9.37 Å². The Kier molecular flexibility index (Phi) is 3.71. The molecule has 0 bridgehead atoms. The minimum Gasteiger partial charge on any atom is -0.330 e. The summed E-state index contributed by atoms with van der Waals surface area (Å²) >= 11 is 0. The molecule has 0 aliphatic rings. The van der Waals surface area contributed by atoms with Gasteiger partial charge in [-0.3, -0.25) is 4.57 Å². The topological polar surface area (TPSA) is 43.8 Å². The SMILES string of the molecule is CCc1nc2ccc(F)cc2n1-c1ccc(CCN)cc1. The molecule has 0 atom stereocenters. The fourth-order valence-electron chi connectivity index (χ4n) is 2.60. The van der Waals surface area contributed by atoms with Crippen LogP contribution < -0.4 is 5.73 Å². The van der Waals surface area contributed by atoms with Gasteiger partial charge in [0.2, 0.25) is 0 Å². The maximum atomic E-state index is 13.6. The van der Waals surface area contributed by atoms with E-state index < -0.39 is 0 Å². The van der Waals surface area contributed by atoms with Crippen LogP contribution in [0.3, 0.4) is 0 Å². The number of aryl methyl sites for hydroxylation is 1. The molecular weight excluding hydrogens is 265 g/mol. The van der Waals surface area contributed by atoms with Gasteiger partial charge in [-0.05, 0) is 42.8 Å². The molecule has 0 radical (unpaired) electrons. The number of imidazole rings is 1. The van der Waals surface area contributed by atoms with Gasteiger partial charge >= 0.3 is 0 Å². The van der Waals surface area contributed by atoms with Crippen molar-refractivity contribution >= 4 is 11.0 Å². The van der Waals surface area contributed by atoms with E-state index in [-0.39, 0.29) is 5.82 Å². The zero-order valence-corrected chi connectivity index (χ0v) is 12.0. The average Bonchev–Trinajstić information content (AvgIpc) is 2.86. The molecule has 0 aliphatic carbocycles. The van der Waals surface area contributed by atoms with Crippen molar-refractivity contribution in [3.8, 4) is 5.69 Å². The summed E-state index contributed by atoms with van der Waals surface area (Å²) in [6, 6.07) is 12.9. The zero-order valence-electron chi connectivity index (χ0n) is 12.0. The Hall–Kier alpha value is -2.20. The Bertz CT molecular complexity index is 760. The fraction of sp³-hybridized carbons (Fsp3) is 0.235. The van der Waals surface area contributed by atoms with Gasteiger partial charge in [0.1, 0.15) is 11.6 Å². The summed E-state index contributed by atoms with van der Waals surface area (Å²) in [6.07, 6.45) is 1.65. The molecule has 2 N–H and O–H groups in total. The summed E-state index contributed by atoms with van der Waals surface area (Å²) in [6.45, 7) is 2.69. The summed E-state index contributed by atoms with van der Waals surface area (Å²) in [5.41, 5.74) is 9.40. The van der Waals surface area contributed by atoms with Crippen LogP contribution in [-0.2, 0) is 12.8 Å². The molecule has 1 heterocycles. The van der Waals surface area contributed by atoms with E-state index in [4.69, 9.17) is 5.73 Å². The van der Waals surface area contributed by atoms with Crippen LogP contribution in [0.15, 0.2) is 42.5 Å². The molecule has 0 fully saturated rings. The molecule has 0 unspecified atom stereocenters. The van der Waals surface area contributed by atoms with Gasteiger partial charge in [0.15, 0.2) is 0 Å². The number of rotatable bonds is 4. The predicted molar refractivity (Wildman–Crippen MR) is 83.2 cm³/mol. The van der Waals surface area contributed by atoms with Crippen molar-refractivity contribution in [2.75, 3.05) is 6.54 Å². The van der Waals surface area contributed by atoms with E-state index in [1.54, 1.807) is 6.07 Å². The van der Waals surface area contributed by atoms with Gasteiger partial charge in [-0.1, -0.05) is 19.1 Å². The van der Waals surface area contributed by atoms with Gasteiger partial charge in [0, 0.05) is 18.2 Å². The molecule has 1 aromatic heterocycles. The van der Waals surface area contributed by atoms with Crippen molar-refractivity contribution in [3.05, 3.63) is 59.7 Å². The van der Waals surface area contributed by atoms with Gasteiger partial charge < -0.3 is 5.73 Å². The second kappa shape index (κ2) is 5.66. The molecule has 0 amide bonds. The number of nitrogens with two attached hydrogens (primary N) is 1. The van der Waals surface area contributed by atoms with Crippen LogP contribution >= 0.6 is 0 Å². The number of halogens is 1. The maximum Gasteiger partial charge on any atom is 0.125 e. The third-order valence-electron chi connectivity index (χ3n) is 3.63. The standard InChI is InChI=1S/C17H18FN3/c1-2-17-20-15-8-5-13(18)11-16(15)21(17)14-6-3-12(4-7-14)9-10-19/h3-8,11H,2,9-10,19H2,1H3. The highest BCUT2D eigenvalue weighted by Gasteiger charge is 2.11. The largest absolute Gasteiger partial charge is 0.330 e. The van der Waals surface area contributed by atoms with Crippen molar-refractivity contribution < 1.29 is 4.39 Å². The third kappa shape index (κ3) is 2.54. The molecule has 21 heavy (non-hydrogen) atoms. The van der Waals surface area contributed by atoms with E-state index >= 15 is 0 Å². The summed E-state index contributed by atoms with van der Waals surface area (Å²) in [5, 5.41) is 0. The number of aromatic nitrogens is 2. The zero-order chi connectivity index (χ0) is 14.8. The van der Waals surface area contributed by atoms with Gasteiger partial charge in [-0.2, -0.15) is 0 Å². The summed E-state index contributed by atoms with van der Waals surface area (Å²) in [4.78, 5) is 4.58. The van der Waals surface area contributed by atoms with E-state index in [1.807, 2.05) is 16.7 Å². The van der Waals surface area contributed by atoms with Crippen molar-refractivity contribution in [3.63, 3.8) is 0 Å². The lowest BCUT2D eigenvalue weighted by atomic mass is 10.1. The van der Waals surface area contributed by atoms with Crippen LogP contribution in [0, 0.1) is 5.82 Å². The minimum atomic E-state index is -0.244. The average molecular weight is 283 g/mol. The van der Waals surface area contributed by atoms with Crippen LogP contribution in [0.4, 0.5) is 4.39 Å². The molecule has 0 saturated carbocycles. The van der Waals surface area contributed by atoms with E-state index in [0.29, 0.717) is 6.54 Å². The first-order valence-electron chi connectivity index (χ1n) is 7.19. The highest BCUT2D eigenvalue weighted by molar-refractivity contribution is 5.78. The summed E-state index contributed by atoms with van der Waals surface area (Å²) in [7, 11) is 0. The molecule has 3 nitrogen and oxygen atoms in total. The highest BCUT2D eigenvalue weighted by Crippen LogP contribution is 2.23. The summed E-state index contributed by atoms with van der Waals surface area (Å²) < 4.78 is 15.6. The number of nitrogens with zero attached hydrogens (tertiary/aromatic N) is 2. The quantitative estimate of drug-likeness (QED) is 0.799. The van der Waals surface area contributed by atoms with Crippen molar-refractivity contribution in [2.45, 2.75) is 19.8 Å². The number of hydrogen-bond donors (Lipinski definition) is 1. The number of benzene rings is 2. The lowest BCUT2D eigenvalue weighted by Gasteiger charge is -2.09. The van der Waals surface area contributed by atoms with Gasteiger partial charge in [0.05, 0.1) is 11.0 Å². The van der Waals surface area contributed by atoms with E-state index in [1.165, 1.54) is 17.7 Å². The normalized spacial score (nSPS) is 11.2. The first kappa shape index (κ1) is 13.8. The summed E-state index contributed by atoms with van der Waals surface area (Å²) in [5.74, 6) is 0.688. The molecule has 4 heteroatoms. The Morgan fingerprint density at radius 2 is 1.90 bits per heavy atom. The van der Waals surface area contributed by atoms with Crippen molar-refractivity contribution in [1.29, 1.82) is 0 Å². The first-order valence-corrected chi connectivity index (χ1v) is 7.19. The predicted octanol–water partition coefficient (Wildman–Crippen LogP) is 3.23. The van der Waals surface area contributed by atoms with E-state index in [9.17, 15) is 4.39 Å². The van der Waals surface area contributed by atoms with Crippen LogP contribution in [0.25, 0.3) is 16.7 Å². The molecule has 3 aromatic rings. The Morgan fingerprint density at radius 1 is 1.14 bits per heavy atom. The number of hydrogen-bond acceptors (Lipinski definition) is 2. The maximum absolute atomic E-state index is 13.6. The first-order chi connectivity index (χ1) is 10.2. The highest BCUT2D eigenvalue weighted by atomic mass is 19.1. The van der Waals surface area contributed by atoms with Gasteiger partial charge in [-0.15, -0.1) is 0 Å². The third-order valence-corrected chi connectivity index (χ3v) is 3.63. The van der Waals surface area contributed by atoms with Crippen molar-refractivity contribution in [1.82, 2.24) is 9.55 Å². The van der Waals surface area contributed by atoms with Crippen LogP contribution in [0.1, 0.15) is 18.3 Å².